The Morgan fingerprint density at radius 1 is 1.06 bits per heavy atom. The largest absolute Gasteiger partial charge is 0.376 e. The number of rotatable bonds is 8. The van der Waals surface area contributed by atoms with E-state index in [9.17, 15) is 0 Å². The lowest BCUT2D eigenvalue weighted by Gasteiger charge is -2.39. The van der Waals surface area contributed by atoms with E-state index in [1.807, 2.05) is 11.8 Å². The monoisotopic (exact) mass is 475 g/mol. The third-order valence-corrected chi connectivity index (χ3v) is 7.56. The summed E-state index contributed by atoms with van der Waals surface area (Å²) >= 11 is 7.60. The quantitative estimate of drug-likeness (QED) is 0.339. The van der Waals surface area contributed by atoms with Crippen molar-refractivity contribution in [2.75, 3.05) is 31.1 Å². The van der Waals surface area contributed by atoms with Crippen molar-refractivity contribution in [3.05, 3.63) is 48.0 Å². The van der Waals surface area contributed by atoms with E-state index in [1.165, 1.54) is 66.4 Å². The summed E-state index contributed by atoms with van der Waals surface area (Å²) in [5.41, 5.74) is 3.74. The number of unbranched alkanes of at least 4 members (excludes halogenated alkanes) is 2. The van der Waals surface area contributed by atoms with Crippen LogP contribution in [-0.4, -0.2) is 42.1 Å². The molecule has 31 heavy (non-hydrogen) atoms. The van der Waals surface area contributed by atoms with E-state index in [0.29, 0.717) is 6.04 Å². The minimum Gasteiger partial charge on any atom is -0.376 e. The van der Waals surface area contributed by atoms with Crippen LogP contribution < -0.4 is 10.2 Å². The van der Waals surface area contributed by atoms with Crippen LogP contribution in [0, 0.1) is 0 Å². The van der Waals surface area contributed by atoms with Gasteiger partial charge in [-0.2, -0.15) is 0 Å². The number of para-hydroxylation sites is 1. The Kier molecular flexibility index (Phi) is 9.08. The average molecular weight is 476 g/mol. The Balaban J connectivity index is 0.00000272. The Bertz CT molecular complexity index is 883. The highest BCUT2D eigenvalue weighted by atomic mass is 35.5. The molecule has 0 amide bonds. The molecule has 1 atom stereocenters. The maximum Gasteiger partial charge on any atom is 0.106 e. The first-order valence-electron chi connectivity index (χ1n) is 11.4. The van der Waals surface area contributed by atoms with Crippen LogP contribution in [0.5, 0.6) is 0 Å². The standard InChI is InChI=1S/C25H33N3S2.ClH/c1-3-4-7-14-26-25(29)20-12-13-24-22(17-20)28(19(2)18-27-15-8-9-16-27)21-10-5-6-11-23(21)30-24;/h5-6,10-13,17,19H,3-4,7-9,14-16,18H2,1-2H3,(H,26,29);1H/t19-;/m1./s1. The lowest BCUT2D eigenvalue weighted by Crippen LogP contribution is -2.40. The van der Waals surface area contributed by atoms with Crippen LogP contribution >= 0.6 is 36.4 Å². The second-order valence-electron chi connectivity index (χ2n) is 8.44. The third kappa shape index (κ3) is 5.75. The maximum absolute atomic E-state index is 5.73. The molecule has 0 aliphatic carbocycles. The number of hydrogen-bond acceptors (Lipinski definition) is 4. The first-order chi connectivity index (χ1) is 14.7. The second kappa shape index (κ2) is 11.6. The van der Waals surface area contributed by atoms with Gasteiger partial charge in [0, 0.05) is 34.5 Å². The molecule has 3 nitrogen and oxygen atoms in total. The Hall–Kier alpha value is -1.27. The van der Waals surface area contributed by atoms with Crippen molar-refractivity contribution in [1.29, 1.82) is 0 Å². The normalized spacial score (nSPS) is 16.3. The smallest absolute Gasteiger partial charge is 0.106 e. The first-order valence-corrected chi connectivity index (χ1v) is 12.6. The molecule has 0 unspecified atom stereocenters. The minimum atomic E-state index is 0. The van der Waals surface area contributed by atoms with Crippen LogP contribution in [-0.2, 0) is 0 Å². The van der Waals surface area contributed by atoms with E-state index in [-0.39, 0.29) is 12.4 Å². The van der Waals surface area contributed by atoms with Gasteiger partial charge in [-0.15, -0.1) is 12.4 Å². The fourth-order valence-electron chi connectivity index (χ4n) is 4.50. The zero-order valence-electron chi connectivity index (χ0n) is 18.6. The van der Waals surface area contributed by atoms with Crippen LogP contribution in [0.25, 0.3) is 0 Å². The van der Waals surface area contributed by atoms with Crippen LogP contribution in [0.15, 0.2) is 52.3 Å². The molecular weight excluding hydrogens is 442 g/mol. The summed E-state index contributed by atoms with van der Waals surface area (Å²) in [6, 6.07) is 15.9. The maximum atomic E-state index is 5.73. The number of halogens is 1. The fraction of sp³-hybridized carbons (Fsp3) is 0.480. The Morgan fingerprint density at radius 3 is 2.58 bits per heavy atom. The summed E-state index contributed by atoms with van der Waals surface area (Å²) in [6.07, 6.45) is 6.31. The Labute approximate surface area is 203 Å². The minimum absolute atomic E-state index is 0. The highest BCUT2D eigenvalue weighted by Crippen LogP contribution is 2.49. The summed E-state index contributed by atoms with van der Waals surface area (Å²) in [6.45, 7) is 9.11. The number of thiocarbonyl (C=S) groups is 1. The van der Waals surface area contributed by atoms with Crippen LogP contribution in [0.1, 0.15) is 51.5 Å². The molecule has 2 aliphatic heterocycles. The van der Waals surface area contributed by atoms with Gasteiger partial charge in [-0.3, -0.25) is 0 Å². The highest BCUT2D eigenvalue weighted by Gasteiger charge is 2.29. The summed E-state index contributed by atoms with van der Waals surface area (Å²) in [5.74, 6) is 0. The number of hydrogen-bond donors (Lipinski definition) is 1. The number of fused-ring (bicyclic) bond motifs is 2. The van der Waals surface area contributed by atoms with Gasteiger partial charge in [0.05, 0.1) is 11.4 Å². The summed E-state index contributed by atoms with van der Waals surface area (Å²) in [5, 5.41) is 3.46. The van der Waals surface area contributed by atoms with Gasteiger partial charge in [0.1, 0.15) is 4.99 Å². The van der Waals surface area contributed by atoms with Gasteiger partial charge < -0.3 is 15.1 Å². The highest BCUT2D eigenvalue weighted by molar-refractivity contribution is 7.99. The van der Waals surface area contributed by atoms with Gasteiger partial charge in [-0.1, -0.05) is 61.9 Å². The van der Waals surface area contributed by atoms with Crippen molar-refractivity contribution >= 4 is 52.8 Å². The topological polar surface area (TPSA) is 18.5 Å². The summed E-state index contributed by atoms with van der Waals surface area (Å²) in [4.78, 5) is 8.68. The van der Waals surface area contributed by atoms with Gasteiger partial charge in [-0.05, 0) is 63.5 Å². The van der Waals surface area contributed by atoms with Crippen molar-refractivity contribution < 1.29 is 0 Å². The molecule has 1 N–H and O–H groups in total. The number of nitrogens with zero attached hydrogens (tertiary/aromatic N) is 2. The van der Waals surface area contributed by atoms with Gasteiger partial charge in [0.25, 0.3) is 0 Å². The fourth-order valence-corrected chi connectivity index (χ4v) is 5.78. The predicted octanol–water partition coefficient (Wildman–Crippen LogP) is 6.65. The number of likely N-dealkylation sites (tertiary alicyclic amines) is 1. The van der Waals surface area contributed by atoms with E-state index in [0.717, 1.165) is 23.6 Å². The van der Waals surface area contributed by atoms with Gasteiger partial charge in [-0.25, -0.2) is 0 Å². The van der Waals surface area contributed by atoms with E-state index in [4.69, 9.17) is 12.2 Å². The van der Waals surface area contributed by atoms with Crippen LogP contribution in [0.3, 0.4) is 0 Å². The molecule has 1 fully saturated rings. The number of nitrogens with one attached hydrogen (secondary N) is 1. The lowest BCUT2D eigenvalue weighted by molar-refractivity contribution is 0.319. The molecule has 6 heteroatoms. The van der Waals surface area contributed by atoms with E-state index >= 15 is 0 Å². The van der Waals surface area contributed by atoms with Crippen molar-refractivity contribution in [3.63, 3.8) is 0 Å². The first kappa shape index (κ1) is 24.4. The van der Waals surface area contributed by atoms with Crippen LogP contribution in [0.2, 0.25) is 0 Å². The molecule has 0 spiro atoms. The number of benzene rings is 2. The summed E-state index contributed by atoms with van der Waals surface area (Å²) < 4.78 is 0. The Morgan fingerprint density at radius 2 is 1.81 bits per heavy atom. The van der Waals surface area contributed by atoms with Crippen molar-refractivity contribution in [3.8, 4) is 0 Å². The van der Waals surface area contributed by atoms with Crippen molar-refractivity contribution in [1.82, 2.24) is 10.2 Å². The predicted molar refractivity (Wildman–Crippen MR) is 141 cm³/mol. The van der Waals surface area contributed by atoms with Gasteiger partial charge in [0.2, 0.25) is 0 Å². The van der Waals surface area contributed by atoms with E-state index < -0.39 is 0 Å². The van der Waals surface area contributed by atoms with E-state index in [2.05, 4.69) is 71.4 Å². The number of anilines is 2. The van der Waals surface area contributed by atoms with Gasteiger partial charge in [0.15, 0.2) is 0 Å². The zero-order chi connectivity index (χ0) is 20.9. The average Bonchev–Trinajstić information content (AvgIpc) is 3.27. The molecule has 2 aliphatic rings. The molecule has 0 bridgehead atoms. The van der Waals surface area contributed by atoms with Gasteiger partial charge >= 0.3 is 0 Å². The molecular formula is C25H34ClN3S2. The molecule has 2 heterocycles. The van der Waals surface area contributed by atoms with Crippen molar-refractivity contribution in [2.45, 2.75) is 61.8 Å². The molecule has 0 saturated carbocycles. The zero-order valence-corrected chi connectivity index (χ0v) is 21.1. The van der Waals surface area contributed by atoms with E-state index in [1.54, 1.807) is 0 Å². The summed E-state index contributed by atoms with van der Waals surface area (Å²) in [7, 11) is 0. The molecule has 2 aromatic rings. The third-order valence-electron chi connectivity index (χ3n) is 6.05. The second-order valence-corrected chi connectivity index (χ2v) is 9.93. The van der Waals surface area contributed by atoms with Crippen molar-refractivity contribution in [2.24, 2.45) is 0 Å². The lowest BCUT2D eigenvalue weighted by atomic mass is 10.1. The van der Waals surface area contributed by atoms with Crippen LogP contribution in [0.4, 0.5) is 11.4 Å². The molecule has 0 radical (unpaired) electrons. The molecule has 1 saturated heterocycles. The molecule has 0 aromatic heterocycles. The molecule has 168 valence electrons. The molecule has 4 rings (SSSR count). The molecule has 2 aromatic carbocycles. The SMILES string of the molecule is CCCCCNC(=S)c1ccc2c(c1)N([C@H](C)CN1CCCC1)c1ccccc1S2.Cl.